The normalized spacial score (nSPS) is 10.7. The molecule has 0 aliphatic rings. The molecule has 3 nitrogen and oxygen atoms in total. The monoisotopic (exact) mass is 314 g/mol. The molecule has 2 aromatic carbocycles. The highest BCUT2D eigenvalue weighted by Gasteiger charge is 2.05. The van der Waals surface area contributed by atoms with Crippen molar-refractivity contribution >= 4 is 23.6 Å². The summed E-state index contributed by atoms with van der Waals surface area (Å²) in [6.45, 7) is 0. The van der Waals surface area contributed by atoms with E-state index in [9.17, 15) is 4.79 Å². The Balaban J connectivity index is 2.18. The van der Waals surface area contributed by atoms with Crippen LogP contribution in [0.3, 0.4) is 0 Å². The van der Waals surface area contributed by atoms with Gasteiger partial charge in [0.15, 0.2) is 5.78 Å². The summed E-state index contributed by atoms with van der Waals surface area (Å²) in [7, 11) is 3.20. The van der Waals surface area contributed by atoms with Gasteiger partial charge in [-0.2, -0.15) is 0 Å². The van der Waals surface area contributed by atoms with Gasteiger partial charge < -0.3 is 9.47 Å². The van der Waals surface area contributed by atoms with Crippen LogP contribution in [0.25, 0.3) is 6.08 Å². The average Bonchev–Trinajstić information content (AvgIpc) is 2.59. The van der Waals surface area contributed by atoms with Gasteiger partial charge in [-0.3, -0.25) is 4.79 Å². The van der Waals surface area contributed by atoms with E-state index in [1.807, 2.05) is 42.7 Å². The maximum atomic E-state index is 12.2. The first-order valence-electron chi connectivity index (χ1n) is 6.76. The van der Waals surface area contributed by atoms with Gasteiger partial charge in [-0.15, -0.1) is 11.8 Å². The molecule has 0 amide bonds. The van der Waals surface area contributed by atoms with Crippen molar-refractivity contribution in [1.82, 2.24) is 0 Å². The van der Waals surface area contributed by atoms with E-state index in [-0.39, 0.29) is 5.78 Å². The number of benzene rings is 2. The molecule has 0 atom stereocenters. The van der Waals surface area contributed by atoms with Gasteiger partial charge in [-0.1, -0.05) is 0 Å². The minimum atomic E-state index is -0.0366. The number of carbonyl (C=O) groups excluding carboxylic acids is 1. The first kappa shape index (κ1) is 16.2. The fraction of sp³-hybridized carbons (Fsp3) is 0.167. The zero-order valence-corrected chi connectivity index (χ0v) is 13.6. The van der Waals surface area contributed by atoms with E-state index in [2.05, 4.69) is 0 Å². The third kappa shape index (κ3) is 3.92. The number of allylic oxidation sites excluding steroid dienone is 1. The summed E-state index contributed by atoms with van der Waals surface area (Å²) in [6, 6.07) is 13.0. The predicted octanol–water partition coefficient (Wildman–Crippen LogP) is 4.32. The Labute approximate surface area is 135 Å². The summed E-state index contributed by atoms with van der Waals surface area (Å²) in [6.07, 6.45) is 5.31. The number of ether oxygens (including phenoxy) is 2. The van der Waals surface area contributed by atoms with Crippen molar-refractivity contribution in [3.8, 4) is 11.5 Å². The van der Waals surface area contributed by atoms with Crippen LogP contribution in [0.15, 0.2) is 53.4 Å². The molecule has 0 fully saturated rings. The lowest BCUT2D eigenvalue weighted by molar-refractivity contribution is 0.104. The number of carbonyl (C=O) groups is 1. The van der Waals surface area contributed by atoms with Crippen LogP contribution >= 0.6 is 11.8 Å². The van der Waals surface area contributed by atoms with Gasteiger partial charge in [-0.25, -0.2) is 0 Å². The highest BCUT2D eigenvalue weighted by molar-refractivity contribution is 7.98. The first-order valence-corrected chi connectivity index (χ1v) is 7.99. The second-order valence-corrected chi connectivity index (χ2v) is 5.41. The highest BCUT2D eigenvalue weighted by Crippen LogP contribution is 2.25. The van der Waals surface area contributed by atoms with E-state index < -0.39 is 0 Å². The van der Waals surface area contributed by atoms with Crippen LogP contribution in [0, 0.1) is 0 Å². The number of thioether (sulfide) groups is 1. The zero-order chi connectivity index (χ0) is 15.9. The molecular weight excluding hydrogens is 296 g/mol. The van der Waals surface area contributed by atoms with Crippen molar-refractivity contribution in [2.24, 2.45) is 0 Å². The third-order valence-corrected chi connectivity index (χ3v) is 3.97. The molecule has 4 heteroatoms. The molecule has 0 aliphatic heterocycles. The zero-order valence-electron chi connectivity index (χ0n) is 12.8. The molecule has 0 aromatic heterocycles. The molecule has 0 spiro atoms. The molecule has 114 valence electrons. The fourth-order valence-electron chi connectivity index (χ4n) is 1.97. The minimum Gasteiger partial charge on any atom is -0.497 e. The molecule has 0 aliphatic carbocycles. The third-order valence-electron chi connectivity index (χ3n) is 3.23. The van der Waals surface area contributed by atoms with Gasteiger partial charge in [0.1, 0.15) is 11.5 Å². The smallest absolute Gasteiger partial charge is 0.185 e. The summed E-state index contributed by atoms with van der Waals surface area (Å²) in [5.74, 6) is 1.35. The maximum absolute atomic E-state index is 12.2. The molecule has 0 saturated heterocycles. The first-order chi connectivity index (χ1) is 10.7. The minimum absolute atomic E-state index is 0.0366. The lowest BCUT2D eigenvalue weighted by Gasteiger charge is -2.07. The molecule has 22 heavy (non-hydrogen) atoms. The van der Waals surface area contributed by atoms with Crippen LogP contribution in [0.4, 0.5) is 0 Å². The Bertz CT molecular complexity index is 675. The average molecular weight is 314 g/mol. The summed E-state index contributed by atoms with van der Waals surface area (Å²) in [4.78, 5) is 13.3. The van der Waals surface area contributed by atoms with Gasteiger partial charge in [0.25, 0.3) is 0 Å². The van der Waals surface area contributed by atoms with Gasteiger partial charge >= 0.3 is 0 Å². The summed E-state index contributed by atoms with van der Waals surface area (Å²) < 4.78 is 10.5. The Morgan fingerprint density at radius 3 is 2.36 bits per heavy atom. The molecule has 0 radical (unpaired) electrons. The molecule has 0 bridgehead atoms. The molecule has 2 rings (SSSR count). The van der Waals surface area contributed by atoms with Crippen LogP contribution in [0.5, 0.6) is 11.5 Å². The van der Waals surface area contributed by atoms with Crippen LogP contribution in [-0.2, 0) is 0 Å². The van der Waals surface area contributed by atoms with E-state index in [1.165, 1.54) is 0 Å². The lowest BCUT2D eigenvalue weighted by Crippen LogP contribution is -1.94. The molecule has 0 heterocycles. The van der Waals surface area contributed by atoms with E-state index >= 15 is 0 Å². The van der Waals surface area contributed by atoms with Gasteiger partial charge in [-0.05, 0) is 54.8 Å². The van der Waals surface area contributed by atoms with Crippen molar-refractivity contribution in [2.45, 2.75) is 4.90 Å². The molecular formula is C18H18O3S. The second kappa shape index (κ2) is 7.71. The number of rotatable bonds is 6. The van der Waals surface area contributed by atoms with Crippen molar-refractivity contribution < 1.29 is 14.3 Å². The summed E-state index contributed by atoms with van der Waals surface area (Å²) in [5, 5.41) is 0. The fourth-order valence-corrected chi connectivity index (χ4v) is 2.38. The van der Waals surface area contributed by atoms with Crippen molar-refractivity contribution in [3.05, 3.63) is 59.7 Å². The molecule has 0 N–H and O–H groups in total. The van der Waals surface area contributed by atoms with Gasteiger partial charge in [0.05, 0.1) is 14.2 Å². The number of hydrogen-bond donors (Lipinski definition) is 0. The standard InChI is InChI=1S/C18H18O3S/c1-20-15-8-4-14(18(12-15)21-2)7-11-17(19)13-5-9-16(22-3)10-6-13/h4-12H,1-3H3/b11-7+. The van der Waals surface area contributed by atoms with Gasteiger partial charge in [0, 0.05) is 22.1 Å². The van der Waals surface area contributed by atoms with Gasteiger partial charge in [0.2, 0.25) is 0 Å². The van der Waals surface area contributed by atoms with Crippen molar-refractivity contribution in [1.29, 1.82) is 0 Å². The Morgan fingerprint density at radius 2 is 1.77 bits per heavy atom. The molecule has 0 unspecified atom stereocenters. The Morgan fingerprint density at radius 1 is 1.05 bits per heavy atom. The topological polar surface area (TPSA) is 35.5 Å². The van der Waals surface area contributed by atoms with E-state index in [1.54, 1.807) is 44.2 Å². The SMILES string of the molecule is COc1ccc(/C=C/C(=O)c2ccc(SC)cc2)c(OC)c1. The summed E-state index contributed by atoms with van der Waals surface area (Å²) >= 11 is 1.65. The number of ketones is 1. The maximum Gasteiger partial charge on any atom is 0.185 e. The highest BCUT2D eigenvalue weighted by atomic mass is 32.2. The van der Waals surface area contributed by atoms with Crippen LogP contribution < -0.4 is 9.47 Å². The summed E-state index contributed by atoms with van der Waals surface area (Å²) in [5.41, 5.74) is 1.50. The van der Waals surface area contributed by atoms with E-state index in [4.69, 9.17) is 9.47 Å². The second-order valence-electron chi connectivity index (χ2n) is 4.53. The number of hydrogen-bond acceptors (Lipinski definition) is 4. The van der Waals surface area contributed by atoms with Crippen molar-refractivity contribution in [2.75, 3.05) is 20.5 Å². The largest absolute Gasteiger partial charge is 0.497 e. The Kier molecular flexibility index (Phi) is 5.67. The Hall–Kier alpha value is -2.20. The van der Waals surface area contributed by atoms with Crippen LogP contribution in [0.2, 0.25) is 0 Å². The van der Waals surface area contributed by atoms with Crippen LogP contribution in [0.1, 0.15) is 15.9 Å². The lowest BCUT2D eigenvalue weighted by atomic mass is 10.1. The van der Waals surface area contributed by atoms with E-state index in [0.29, 0.717) is 17.1 Å². The predicted molar refractivity (Wildman–Crippen MR) is 91.1 cm³/mol. The quantitative estimate of drug-likeness (QED) is 0.452. The molecule has 0 saturated carbocycles. The number of methoxy groups -OCH3 is 2. The van der Waals surface area contributed by atoms with E-state index in [0.717, 1.165) is 10.5 Å². The van der Waals surface area contributed by atoms with Crippen molar-refractivity contribution in [3.63, 3.8) is 0 Å². The molecule has 2 aromatic rings. The van der Waals surface area contributed by atoms with Crippen LogP contribution in [-0.4, -0.2) is 26.3 Å².